The van der Waals surface area contributed by atoms with Crippen molar-refractivity contribution in [3.63, 3.8) is 0 Å². The van der Waals surface area contributed by atoms with E-state index in [9.17, 15) is 4.79 Å². The molecule has 0 radical (unpaired) electrons. The number of aryl methyl sites for hydroxylation is 2. The third-order valence-electron chi connectivity index (χ3n) is 2.84. The normalized spacial score (nSPS) is 10.8. The van der Waals surface area contributed by atoms with Crippen molar-refractivity contribution >= 4 is 16.9 Å². The number of ether oxygens (including phenoxy) is 1. The maximum Gasteiger partial charge on any atom is 0.308 e. The molecule has 0 aliphatic carbocycles. The van der Waals surface area contributed by atoms with E-state index < -0.39 is 5.97 Å². The van der Waals surface area contributed by atoms with Crippen LogP contribution in [0.3, 0.4) is 0 Å². The predicted molar refractivity (Wildman–Crippen MR) is 73.6 cm³/mol. The Bertz CT molecular complexity index is 841. The van der Waals surface area contributed by atoms with Gasteiger partial charge in [-0.1, -0.05) is 11.6 Å². The SMILES string of the molecule is CC(=O)Oc1c(-c2nnc(C)o2)nnc2ccc(C)cc12. The van der Waals surface area contributed by atoms with E-state index in [1.165, 1.54) is 6.92 Å². The molecule has 3 aromatic rings. The second kappa shape index (κ2) is 4.93. The third-order valence-corrected chi connectivity index (χ3v) is 2.84. The van der Waals surface area contributed by atoms with Crippen LogP contribution in [0.4, 0.5) is 0 Å². The highest BCUT2D eigenvalue weighted by Gasteiger charge is 2.20. The second-order valence-corrected chi connectivity index (χ2v) is 4.62. The summed E-state index contributed by atoms with van der Waals surface area (Å²) in [6, 6.07) is 5.59. The maximum atomic E-state index is 11.4. The summed E-state index contributed by atoms with van der Waals surface area (Å²) in [5.41, 5.74) is 1.89. The summed E-state index contributed by atoms with van der Waals surface area (Å²) in [6.45, 7) is 4.93. The minimum absolute atomic E-state index is 0.166. The number of rotatable bonds is 2. The fraction of sp³-hybridized carbons (Fsp3) is 0.214. The van der Waals surface area contributed by atoms with Crippen molar-refractivity contribution in [2.24, 2.45) is 0 Å². The van der Waals surface area contributed by atoms with Gasteiger partial charge in [0.2, 0.25) is 5.89 Å². The van der Waals surface area contributed by atoms with Crippen molar-refractivity contribution in [1.29, 1.82) is 0 Å². The van der Waals surface area contributed by atoms with Crippen LogP contribution in [0.5, 0.6) is 5.75 Å². The Balaban J connectivity index is 2.30. The van der Waals surface area contributed by atoms with Gasteiger partial charge in [0.05, 0.1) is 5.52 Å². The summed E-state index contributed by atoms with van der Waals surface area (Å²) in [7, 11) is 0. The van der Waals surface area contributed by atoms with Crippen molar-refractivity contribution in [3.8, 4) is 17.3 Å². The number of carbonyl (C=O) groups excluding carboxylic acids is 1. The molecule has 0 saturated heterocycles. The maximum absolute atomic E-state index is 11.4. The lowest BCUT2D eigenvalue weighted by molar-refractivity contribution is -0.131. The van der Waals surface area contributed by atoms with Crippen LogP contribution >= 0.6 is 0 Å². The molecule has 7 heteroatoms. The summed E-state index contributed by atoms with van der Waals surface area (Å²) in [5, 5.41) is 16.5. The molecule has 0 aliphatic rings. The molecule has 106 valence electrons. The van der Waals surface area contributed by atoms with Crippen LogP contribution in [-0.4, -0.2) is 26.4 Å². The van der Waals surface area contributed by atoms with E-state index in [4.69, 9.17) is 9.15 Å². The van der Waals surface area contributed by atoms with Gasteiger partial charge in [0.1, 0.15) is 0 Å². The molecule has 3 rings (SSSR count). The molecule has 0 amide bonds. The number of hydrogen-bond acceptors (Lipinski definition) is 7. The average molecular weight is 284 g/mol. The van der Waals surface area contributed by atoms with E-state index >= 15 is 0 Å². The molecule has 0 atom stereocenters. The van der Waals surface area contributed by atoms with Gasteiger partial charge in [-0.05, 0) is 19.1 Å². The van der Waals surface area contributed by atoms with E-state index in [0.717, 1.165) is 5.56 Å². The molecule has 0 N–H and O–H groups in total. The number of aromatic nitrogens is 4. The van der Waals surface area contributed by atoms with E-state index in [0.29, 0.717) is 16.8 Å². The smallest absolute Gasteiger partial charge is 0.308 e. The number of esters is 1. The third kappa shape index (κ3) is 2.45. The molecule has 0 saturated carbocycles. The van der Waals surface area contributed by atoms with Gasteiger partial charge in [-0.25, -0.2) is 0 Å². The van der Waals surface area contributed by atoms with Crippen molar-refractivity contribution in [3.05, 3.63) is 29.7 Å². The first kappa shape index (κ1) is 13.2. The Kier molecular flexibility index (Phi) is 3.09. The van der Waals surface area contributed by atoms with Gasteiger partial charge >= 0.3 is 5.97 Å². The molecular weight excluding hydrogens is 272 g/mol. The second-order valence-electron chi connectivity index (χ2n) is 4.62. The van der Waals surface area contributed by atoms with Crippen LogP contribution in [0.2, 0.25) is 0 Å². The Hall–Kier alpha value is -2.83. The molecule has 21 heavy (non-hydrogen) atoms. The van der Waals surface area contributed by atoms with Crippen molar-refractivity contribution in [1.82, 2.24) is 20.4 Å². The minimum Gasteiger partial charge on any atom is -0.423 e. The van der Waals surface area contributed by atoms with Gasteiger partial charge in [0, 0.05) is 19.2 Å². The fourth-order valence-electron chi connectivity index (χ4n) is 1.97. The quantitative estimate of drug-likeness (QED) is 0.666. The van der Waals surface area contributed by atoms with E-state index in [-0.39, 0.29) is 17.3 Å². The van der Waals surface area contributed by atoms with Gasteiger partial charge < -0.3 is 9.15 Å². The van der Waals surface area contributed by atoms with Gasteiger partial charge in [0.25, 0.3) is 5.89 Å². The highest BCUT2D eigenvalue weighted by Crippen LogP contribution is 2.33. The number of nitrogens with zero attached hydrogens (tertiary/aromatic N) is 4. The molecule has 7 nitrogen and oxygen atoms in total. The molecular formula is C14H12N4O3. The molecule has 0 spiro atoms. The van der Waals surface area contributed by atoms with Crippen molar-refractivity contribution < 1.29 is 13.9 Å². The standard InChI is InChI=1S/C14H12N4O3/c1-7-4-5-11-10(6-7)13(21-9(3)19)12(17-16-11)14-18-15-8(2)20-14/h4-6H,1-3H3. The number of benzene rings is 1. The largest absolute Gasteiger partial charge is 0.423 e. The zero-order valence-electron chi connectivity index (χ0n) is 11.7. The van der Waals surface area contributed by atoms with Crippen LogP contribution in [0.25, 0.3) is 22.5 Å². The Morgan fingerprint density at radius 3 is 2.62 bits per heavy atom. The Labute approximate surface area is 120 Å². The Morgan fingerprint density at radius 2 is 1.95 bits per heavy atom. The van der Waals surface area contributed by atoms with Crippen LogP contribution in [0, 0.1) is 13.8 Å². The fourth-order valence-corrected chi connectivity index (χ4v) is 1.97. The Morgan fingerprint density at radius 1 is 1.14 bits per heavy atom. The predicted octanol–water partition coefficient (Wildman–Crippen LogP) is 2.22. The highest BCUT2D eigenvalue weighted by atomic mass is 16.5. The zero-order valence-corrected chi connectivity index (χ0v) is 11.7. The lowest BCUT2D eigenvalue weighted by Crippen LogP contribution is -2.05. The van der Waals surface area contributed by atoms with Gasteiger partial charge in [-0.2, -0.15) is 0 Å². The number of carbonyl (C=O) groups is 1. The first-order chi connectivity index (χ1) is 10.0. The molecule has 0 aliphatic heterocycles. The number of hydrogen-bond donors (Lipinski definition) is 0. The zero-order chi connectivity index (χ0) is 15.0. The molecule has 2 heterocycles. The lowest BCUT2D eigenvalue weighted by atomic mass is 10.1. The molecule has 0 bridgehead atoms. The minimum atomic E-state index is -0.455. The average Bonchev–Trinajstić information content (AvgIpc) is 2.85. The van der Waals surface area contributed by atoms with E-state index in [1.807, 2.05) is 25.1 Å². The summed E-state index contributed by atoms with van der Waals surface area (Å²) in [4.78, 5) is 11.4. The molecule has 0 fully saturated rings. The lowest BCUT2D eigenvalue weighted by Gasteiger charge is -2.08. The monoisotopic (exact) mass is 284 g/mol. The van der Waals surface area contributed by atoms with Gasteiger partial charge in [-0.15, -0.1) is 20.4 Å². The van der Waals surface area contributed by atoms with Crippen LogP contribution in [-0.2, 0) is 4.79 Å². The first-order valence-corrected chi connectivity index (χ1v) is 6.30. The van der Waals surface area contributed by atoms with Crippen molar-refractivity contribution in [2.75, 3.05) is 0 Å². The summed E-state index contributed by atoms with van der Waals surface area (Å²) >= 11 is 0. The molecule has 1 aromatic carbocycles. The highest BCUT2D eigenvalue weighted by molar-refractivity contribution is 5.92. The first-order valence-electron chi connectivity index (χ1n) is 6.30. The molecule has 0 unspecified atom stereocenters. The summed E-state index contributed by atoms with van der Waals surface area (Å²) in [5.74, 6) is 0.382. The topological polar surface area (TPSA) is 91.0 Å². The number of fused-ring (bicyclic) bond motifs is 1. The van der Waals surface area contributed by atoms with E-state index in [2.05, 4.69) is 20.4 Å². The van der Waals surface area contributed by atoms with Gasteiger partial charge in [-0.3, -0.25) is 4.79 Å². The van der Waals surface area contributed by atoms with Crippen molar-refractivity contribution in [2.45, 2.75) is 20.8 Å². The summed E-state index contributed by atoms with van der Waals surface area (Å²) < 4.78 is 10.7. The van der Waals surface area contributed by atoms with Gasteiger partial charge in [0.15, 0.2) is 11.4 Å². The summed E-state index contributed by atoms with van der Waals surface area (Å²) in [6.07, 6.45) is 0. The van der Waals surface area contributed by atoms with E-state index in [1.54, 1.807) is 6.92 Å². The van der Waals surface area contributed by atoms with Crippen LogP contribution in [0.15, 0.2) is 22.6 Å². The van der Waals surface area contributed by atoms with Crippen LogP contribution < -0.4 is 4.74 Å². The molecule has 2 aromatic heterocycles. The van der Waals surface area contributed by atoms with Crippen LogP contribution in [0.1, 0.15) is 18.4 Å².